The molecule has 0 saturated carbocycles. The molecule has 4 atom stereocenters. The van der Waals surface area contributed by atoms with Crippen molar-refractivity contribution >= 4 is 29.2 Å². The van der Waals surface area contributed by atoms with Crippen LogP contribution in [0.3, 0.4) is 0 Å². The first kappa shape index (κ1) is 14.1. The summed E-state index contributed by atoms with van der Waals surface area (Å²) in [5.41, 5.74) is 1.34. The van der Waals surface area contributed by atoms with Gasteiger partial charge >= 0.3 is 5.97 Å². The van der Waals surface area contributed by atoms with Crippen molar-refractivity contribution in [2.75, 3.05) is 5.32 Å². The highest BCUT2D eigenvalue weighted by atomic mass is 35.5. The number of carboxylic acids is 1. The number of amides is 1. The Kier molecular flexibility index (Phi) is 3.47. The molecule has 110 valence electrons. The van der Waals surface area contributed by atoms with E-state index in [1.807, 2.05) is 0 Å². The Hall–Kier alpha value is -1.85. The molecule has 3 rings (SSSR count). The van der Waals surface area contributed by atoms with E-state index in [4.69, 9.17) is 16.3 Å². The van der Waals surface area contributed by atoms with Gasteiger partial charge in [0.15, 0.2) is 0 Å². The fourth-order valence-corrected chi connectivity index (χ4v) is 3.05. The van der Waals surface area contributed by atoms with Crippen molar-refractivity contribution < 1.29 is 19.4 Å². The van der Waals surface area contributed by atoms with Crippen molar-refractivity contribution in [2.45, 2.75) is 19.1 Å². The van der Waals surface area contributed by atoms with E-state index in [-0.39, 0.29) is 5.91 Å². The average molecular weight is 308 g/mol. The summed E-state index contributed by atoms with van der Waals surface area (Å²) in [5, 5.41) is 12.6. The van der Waals surface area contributed by atoms with Crippen LogP contribution in [0.1, 0.15) is 5.56 Å². The van der Waals surface area contributed by atoms with Crippen molar-refractivity contribution in [3.8, 4) is 0 Å². The van der Waals surface area contributed by atoms with E-state index in [1.54, 1.807) is 37.3 Å². The molecule has 0 unspecified atom stereocenters. The molecule has 0 radical (unpaired) electrons. The summed E-state index contributed by atoms with van der Waals surface area (Å²) in [5.74, 6) is -2.95. The number of carbonyl (C=O) groups excluding carboxylic acids is 1. The van der Waals surface area contributed by atoms with Crippen molar-refractivity contribution in [3.05, 3.63) is 40.9 Å². The Morgan fingerprint density at radius 1 is 1.24 bits per heavy atom. The lowest BCUT2D eigenvalue weighted by atomic mass is 9.82. The lowest BCUT2D eigenvalue weighted by Crippen LogP contribution is -2.39. The molecule has 1 amide bonds. The maximum absolute atomic E-state index is 12.5. The molecule has 1 saturated heterocycles. The zero-order valence-corrected chi connectivity index (χ0v) is 12.0. The molecule has 21 heavy (non-hydrogen) atoms. The molecule has 2 N–H and O–H groups in total. The van der Waals surface area contributed by atoms with Crippen LogP contribution < -0.4 is 5.32 Å². The van der Waals surface area contributed by atoms with Crippen LogP contribution in [-0.2, 0) is 14.3 Å². The van der Waals surface area contributed by atoms with Crippen LogP contribution in [0.5, 0.6) is 0 Å². The summed E-state index contributed by atoms with van der Waals surface area (Å²) >= 11 is 6.02. The first-order valence-electron chi connectivity index (χ1n) is 6.61. The van der Waals surface area contributed by atoms with E-state index in [2.05, 4.69) is 5.32 Å². The largest absolute Gasteiger partial charge is 0.481 e. The van der Waals surface area contributed by atoms with Gasteiger partial charge in [-0.2, -0.15) is 0 Å². The molecule has 2 heterocycles. The van der Waals surface area contributed by atoms with E-state index in [1.165, 1.54) is 0 Å². The van der Waals surface area contributed by atoms with Crippen LogP contribution in [0, 0.1) is 18.8 Å². The molecule has 6 heteroatoms. The molecule has 2 aliphatic rings. The predicted octanol–water partition coefficient (Wildman–Crippen LogP) is 2.24. The highest BCUT2D eigenvalue weighted by Crippen LogP contribution is 2.40. The minimum absolute atomic E-state index is 0.357. The second-order valence-electron chi connectivity index (χ2n) is 5.24. The molecule has 0 aliphatic carbocycles. The molecule has 2 aliphatic heterocycles. The number of carbonyl (C=O) groups is 2. The Morgan fingerprint density at radius 3 is 2.57 bits per heavy atom. The van der Waals surface area contributed by atoms with E-state index < -0.39 is 30.0 Å². The van der Waals surface area contributed by atoms with Crippen LogP contribution in [0.2, 0.25) is 5.02 Å². The van der Waals surface area contributed by atoms with Gasteiger partial charge in [-0.3, -0.25) is 9.59 Å². The molecule has 5 nitrogen and oxygen atoms in total. The Morgan fingerprint density at radius 2 is 1.90 bits per heavy atom. The molecule has 1 aromatic carbocycles. The van der Waals surface area contributed by atoms with Gasteiger partial charge in [0.25, 0.3) is 0 Å². The van der Waals surface area contributed by atoms with Crippen LogP contribution in [0.4, 0.5) is 5.69 Å². The van der Waals surface area contributed by atoms with Crippen LogP contribution in [0.25, 0.3) is 0 Å². The normalized spacial score (nSPS) is 29.6. The number of rotatable bonds is 3. The number of carboxylic acid groups (broad SMARTS) is 1. The minimum atomic E-state index is -1.02. The second-order valence-corrected chi connectivity index (χ2v) is 5.65. The number of halogens is 1. The lowest BCUT2D eigenvalue weighted by molar-refractivity contribution is -0.145. The predicted molar refractivity (Wildman–Crippen MR) is 77.2 cm³/mol. The van der Waals surface area contributed by atoms with Crippen LogP contribution >= 0.6 is 11.6 Å². The second kappa shape index (κ2) is 5.16. The quantitative estimate of drug-likeness (QED) is 0.840. The van der Waals surface area contributed by atoms with Crippen LogP contribution in [-0.4, -0.2) is 29.2 Å². The summed E-state index contributed by atoms with van der Waals surface area (Å²) in [4.78, 5) is 23.8. The number of ether oxygens (including phenoxy) is 1. The Balaban J connectivity index is 1.84. The molecular formula is C15H14ClNO4. The third-order valence-electron chi connectivity index (χ3n) is 4.01. The van der Waals surface area contributed by atoms with Crippen molar-refractivity contribution in [2.24, 2.45) is 11.8 Å². The van der Waals surface area contributed by atoms with E-state index in [0.29, 0.717) is 10.7 Å². The van der Waals surface area contributed by atoms with Gasteiger partial charge in [-0.1, -0.05) is 29.8 Å². The number of fused-ring (bicyclic) bond motifs is 2. The van der Waals surface area contributed by atoms with Crippen molar-refractivity contribution in [3.63, 3.8) is 0 Å². The summed E-state index contributed by atoms with van der Waals surface area (Å²) in [7, 11) is 0. The fraction of sp³-hybridized carbons (Fsp3) is 0.333. The highest BCUT2D eigenvalue weighted by molar-refractivity contribution is 6.31. The zero-order valence-electron chi connectivity index (χ0n) is 11.2. The fourth-order valence-electron chi connectivity index (χ4n) is 2.87. The number of hydrogen-bond acceptors (Lipinski definition) is 3. The third-order valence-corrected chi connectivity index (χ3v) is 4.42. The van der Waals surface area contributed by atoms with Gasteiger partial charge in [0.05, 0.1) is 18.1 Å². The molecular weight excluding hydrogens is 294 g/mol. The third kappa shape index (κ3) is 2.32. The number of hydrogen-bond donors (Lipinski definition) is 2. The molecule has 0 aromatic heterocycles. The first-order chi connectivity index (χ1) is 9.99. The van der Waals surface area contributed by atoms with Gasteiger partial charge in [0.1, 0.15) is 5.92 Å². The van der Waals surface area contributed by atoms with E-state index >= 15 is 0 Å². The summed E-state index contributed by atoms with van der Waals surface area (Å²) in [6.45, 7) is 1.80. The summed E-state index contributed by atoms with van der Waals surface area (Å²) in [6, 6.07) is 5.20. The van der Waals surface area contributed by atoms with Gasteiger partial charge in [0.2, 0.25) is 5.91 Å². The van der Waals surface area contributed by atoms with E-state index in [0.717, 1.165) is 5.56 Å². The average Bonchev–Trinajstić information content (AvgIpc) is 3.04. The number of anilines is 1. The molecule has 2 bridgehead atoms. The monoisotopic (exact) mass is 307 g/mol. The van der Waals surface area contributed by atoms with Gasteiger partial charge in [0, 0.05) is 10.7 Å². The maximum atomic E-state index is 12.5. The molecule has 1 aromatic rings. The van der Waals surface area contributed by atoms with Gasteiger partial charge in [-0.25, -0.2) is 0 Å². The van der Waals surface area contributed by atoms with Gasteiger partial charge in [-0.15, -0.1) is 0 Å². The number of aliphatic carboxylic acids is 1. The zero-order chi connectivity index (χ0) is 15.1. The summed E-state index contributed by atoms with van der Waals surface area (Å²) in [6.07, 6.45) is 2.45. The first-order valence-corrected chi connectivity index (χ1v) is 6.99. The van der Waals surface area contributed by atoms with Crippen LogP contribution in [0.15, 0.2) is 30.4 Å². The lowest BCUT2D eigenvalue weighted by Gasteiger charge is -2.21. The standard InChI is InChI=1S/C15H14ClNO4/c1-7-8(16)3-2-4-9(7)17-14(18)12-10-5-6-11(21-10)13(12)15(19)20/h2-6,10-13H,1H3,(H,17,18)(H,19,20)/t10-,11+,12-,13+/m1/s1. The molecule has 1 fully saturated rings. The smallest absolute Gasteiger partial charge is 0.310 e. The summed E-state index contributed by atoms with van der Waals surface area (Å²) < 4.78 is 5.49. The Bertz CT molecular complexity index is 643. The topological polar surface area (TPSA) is 75.6 Å². The number of benzene rings is 1. The van der Waals surface area contributed by atoms with E-state index in [9.17, 15) is 14.7 Å². The number of nitrogens with one attached hydrogen (secondary N) is 1. The molecule has 0 spiro atoms. The Labute approximate surface area is 126 Å². The minimum Gasteiger partial charge on any atom is -0.481 e. The highest BCUT2D eigenvalue weighted by Gasteiger charge is 2.53. The van der Waals surface area contributed by atoms with Crippen molar-refractivity contribution in [1.29, 1.82) is 0 Å². The van der Waals surface area contributed by atoms with Gasteiger partial charge in [-0.05, 0) is 24.6 Å². The van der Waals surface area contributed by atoms with Gasteiger partial charge < -0.3 is 15.2 Å². The maximum Gasteiger partial charge on any atom is 0.310 e. The van der Waals surface area contributed by atoms with Crippen molar-refractivity contribution in [1.82, 2.24) is 0 Å². The SMILES string of the molecule is Cc1c(Cl)cccc1NC(=O)[C@H]1[C@@H](C(=O)O)[C@@H]2C=C[C@H]1O2.